The van der Waals surface area contributed by atoms with Gasteiger partial charge in [0.05, 0.1) is 0 Å². The van der Waals surface area contributed by atoms with Crippen LogP contribution in [0.15, 0.2) is 6.20 Å². The average molecular weight is 302 g/mol. The van der Waals surface area contributed by atoms with Gasteiger partial charge < -0.3 is 5.11 Å². The summed E-state index contributed by atoms with van der Waals surface area (Å²) in [5.74, 6) is -0.735. The topological polar surface area (TPSA) is 55.1 Å². The van der Waals surface area contributed by atoms with E-state index in [1.807, 2.05) is 0 Å². The molecule has 1 aromatic heterocycles. The molecule has 0 radical (unpaired) electrons. The number of carboxylic acids is 1. The number of unbranched alkanes of at least 4 members (excludes halogenated alkanes) is 6. The molecule has 120 valence electrons. The van der Waals surface area contributed by atoms with Crippen LogP contribution in [-0.4, -0.2) is 20.9 Å². The van der Waals surface area contributed by atoms with Crippen LogP contribution in [0.25, 0.3) is 0 Å². The van der Waals surface area contributed by atoms with Crippen molar-refractivity contribution in [3.63, 3.8) is 0 Å². The molecule has 0 saturated heterocycles. The van der Waals surface area contributed by atoms with Crippen LogP contribution in [0, 0.1) is 0 Å². The number of aromatic nitrogens is 2. The molecular weight excluding hydrogens is 278 g/mol. The number of halogens is 2. The summed E-state index contributed by atoms with van der Waals surface area (Å²) in [6, 6.07) is 0. The molecule has 21 heavy (non-hydrogen) atoms. The fourth-order valence-electron chi connectivity index (χ4n) is 2.41. The third kappa shape index (κ3) is 7.20. The number of aliphatic carboxylic acids is 1. The van der Waals surface area contributed by atoms with Crippen molar-refractivity contribution < 1.29 is 18.7 Å². The van der Waals surface area contributed by atoms with Crippen LogP contribution in [0.1, 0.15) is 69.0 Å². The Balaban J connectivity index is 2.08. The molecule has 0 aromatic carbocycles. The Bertz CT molecular complexity index is 433. The van der Waals surface area contributed by atoms with E-state index in [2.05, 4.69) is 5.10 Å². The van der Waals surface area contributed by atoms with Gasteiger partial charge in [-0.3, -0.25) is 9.48 Å². The van der Waals surface area contributed by atoms with Gasteiger partial charge in [-0.2, -0.15) is 5.10 Å². The van der Waals surface area contributed by atoms with Crippen molar-refractivity contribution in [3.8, 4) is 0 Å². The first-order valence-corrected chi connectivity index (χ1v) is 7.53. The molecule has 1 rings (SSSR count). The minimum absolute atomic E-state index is 0.0915. The highest BCUT2D eigenvalue weighted by Crippen LogP contribution is 2.22. The van der Waals surface area contributed by atoms with Gasteiger partial charge in [-0.25, -0.2) is 8.78 Å². The zero-order chi connectivity index (χ0) is 15.7. The quantitative estimate of drug-likeness (QED) is 0.626. The predicted molar refractivity (Wildman–Crippen MR) is 76.4 cm³/mol. The number of rotatable bonds is 11. The van der Waals surface area contributed by atoms with E-state index in [0.29, 0.717) is 12.0 Å². The molecule has 0 aliphatic heterocycles. The first kappa shape index (κ1) is 17.6. The van der Waals surface area contributed by atoms with E-state index >= 15 is 0 Å². The molecule has 0 aliphatic carbocycles. The lowest BCUT2D eigenvalue weighted by Crippen LogP contribution is -1.94. The zero-order valence-electron chi connectivity index (χ0n) is 12.5. The van der Waals surface area contributed by atoms with Crippen molar-refractivity contribution in [1.82, 2.24) is 9.78 Å². The Kier molecular flexibility index (Phi) is 7.93. The molecule has 0 atom stereocenters. The number of hydrogen-bond acceptors (Lipinski definition) is 2. The van der Waals surface area contributed by atoms with Crippen LogP contribution in [0.4, 0.5) is 8.78 Å². The molecule has 1 N–H and O–H groups in total. The van der Waals surface area contributed by atoms with Crippen molar-refractivity contribution in [1.29, 1.82) is 0 Å². The Labute approximate surface area is 124 Å². The summed E-state index contributed by atoms with van der Waals surface area (Å²) in [6.07, 6.45) is 6.84. The van der Waals surface area contributed by atoms with Gasteiger partial charge >= 0.3 is 5.97 Å². The summed E-state index contributed by atoms with van der Waals surface area (Å²) in [5.41, 5.74) is 0.556. The minimum Gasteiger partial charge on any atom is -0.481 e. The summed E-state index contributed by atoms with van der Waals surface area (Å²) >= 11 is 0. The summed E-state index contributed by atoms with van der Waals surface area (Å²) in [4.78, 5) is 10.3. The third-order valence-electron chi connectivity index (χ3n) is 3.48. The molecule has 0 unspecified atom stereocenters. The Morgan fingerprint density at radius 1 is 1.19 bits per heavy atom. The largest absolute Gasteiger partial charge is 0.481 e. The lowest BCUT2D eigenvalue weighted by atomic mass is 10.0. The molecule has 1 heterocycles. The highest BCUT2D eigenvalue weighted by molar-refractivity contribution is 5.66. The summed E-state index contributed by atoms with van der Waals surface area (Å²) in [5, 5.41) is 12.3. The maximum Gasteiger partial charge on any atom is 0.303 e. The Morgan fingerprint density at radius 2 is 1.76 bits per heavy atom. The van der Waals surface area contributed by atoms with Gasteiger partial charge in [0.15, 0.2) is 0 Å². The summed E-state index contributed by atoms with van der Waals surface area (Å²) in [7, 11) is 1.66. The second-order valence-electron chi connectivity index (χ2n) is 5.38. The van der Waals surface area contributed by atoms with Crippen molar-refractivity contribution in [2.45, 2.75) is 64.2 Å². The fraction of sp³-hybridized carbons (Fsp3) is 0.733. The highest BCUT2D eigenvalue weighted by Gasteiger charge is 2.16. The Hall–Kier alpha value is -1.46. The van der Waals surface area contributed by atoms with Gasteiger partial charge in [0.25, 0.3) is 6.43 Å². The number of nitrogens with zero attached hydrogens (tertiary/aromatic N) is 2. The van der Waals surface area contributed by atoms with Crippen molar-refractivity contribution in [3.05, 3.63) is 17.5 Å². The van der Waals surface area contributed by atoms with E-state index in [4.69, 9.17) is 5.11 Å². The number of aryl methyl sites for hydroxylation is 2. The third-order valence-corrected chi connectivity index (χ3v) is 3.48. The maximum absolute atomic E-state index is 12.7. The van der Waals surface area contributed by atoms with Crippen LogP contribution in [-0.2, 0) is 18.3 Å². The molecule has 0 spiro atoms. The van der Waals surface area contributed by atoms with Crippen LogP contribution in [0.3, 0.4) is 0 Å². The van der Waals surface area contributed by atoms with Crippen LogP contribution < -0.4 is 0 Å². The first-order chi connectivity index (χ1) is 10.0. The van der Waals surface area contributed by atoms with Gasteiger partial charge in [-0.15, -0.1) is 0 Å². The second-order valence-corrected chi connectivity index (χ2v) is 5.38. The molecular formula is C15H24F2N2O2. The molecule has 0 bridgehead atoms. The van der Waals surface area contributed by atoms with Gasteiger partial charge in [0.1, 0.15) is 5.69 Å². The number of carboxylic acid groups (broad SMARTS) is 1. The number of hydrogen-bond donors (Lipinski definition) is 1. The standard InChI is InChI=1S/C15H24F2N2O2/c1-19-11-12(14(18-19)15(16)17)9-7-5-3-2-4-6-8-10-13(20)21/h11,15H,2-10H2,1H3,(H,20,21). The molecule has 1 aromatic rings. The van der Waals surface area contributed by atoms with E-state index < -0.39 is 12.4 Å². The van der Waals surface area contributed by atoms with Crippen LogP contribution in [0.5, 0.6) is 0 Å². The molecule has 0 amide bonds. The molecule has 4 nitrogen and oxygen atoms in total. The SMILES string of the molecule is Cn1cc(CCCCCCCCCC(=O)O)c(C(F)F)n1. The fourth-order valence-corrected chi connectivity index (χ4v) is 2.41. The smallest absolute Gasteiger partial charge is 0.303 e. The predicted octanol–water partition coefficient (Wildman–Crippen LogP) is 4.11. The van der Waals surface area contributed by atoms with Crippen molar-refractivity contribution in [2.75, 3.05) is 0 Å². The van der Waals surface area contributed by atoms with Crippen molar-refractivity contribution in [2.24, 2.45) is 7.05 Å². The minimum atomic E-state index is -2.50. The van der Waals surface area contributed by atoms with Crippen LogP contribution >= 0.6 is 0 Å². The van der Waals surface area contributed by atoms with E-state index in [0.717, 1.165) is 44.9 Å². The zero-order valence-corrected chi connectivity index (χ0v) is 12.5. The van der Waals surface area contributed by atoms with E-state index in [1.54, 1.807) is 13.2 Å². The van der Waals surface area contributed by atoms with E-state index in [9.17, 15) is 13.6 Å². The Morgan fingerprint density at radius 3 is 2.33 bits per heavy atom. The molecule has 0 saturated carbocycles. The highest BCUT2D eigenvalue weighted by atomic mass is 19.3. The molecule has 0 aliphatic rings. The van der Waals surface area contributed by atoms with Gasteiger partial charge in [-0.05, 0) is 24.8 Å². The number of carbonyl (C=O) groups is 1. The first-order valence-electron chi connectivity index (χ1n) is 7.53. The monoisotopic (exact) mass is 302 g/mol. The maximum atomic E-state index is 12.7. The molecule has 6 heteroatoms. The van der Waals surface area contributed by atoms with E-state index in [1.165, 1.54) is 4.68 Å². The van der Waals surface area contributed by atoms with Gasteiger partial charge in [0.2, 0.25) is 0 Å². The number of alkyl halides is 2. The average Bonchev–Trinajstić information content (AvgIpc) is 2.78. The van der Waals surface area contributed by atoms with Crippen molar-refractivity contribution >= 4 is 5.97 Å². The van der Waals surface area contributed by atoms with E-state index in [-0.39, 0.29) is 12.1 Å². The summed E-state index contributed by atoms with van der Waals surface area (Å²) in [6.45, 7) is 0. The molecule has 0 fully saturated rings. The lowest BCUT2D eigenvalue weighted by molar-refractivity contribution is -0.137. The van der Waals surface area contributed by atoms with Gasteiger partial charge in [0, 0.05) is 19.7 Å². The summed E-state index contributed by atoms with van der Waals surface area (Å²) < 4.78 is 26.9. The van der Waals surface area contributed by atoms with Crippen LogP contribution in [0.2, 0.25) is 0 Å². The second kappa shape index (κ2) is 9.47. The lowest BCUT2D eigenvalue weighted by Gasteiger charge is -2.02. The van der Waals surface area contributed by atoms with Gasteiger partial charge in [-0.1, -0.05) is 32.1 Å². The normalized spacial score (nSPS) is 11.2.